The third kappa shape index (κ3) is 3.33. The first-order valence-electron chi connectivity index (χ1n) is 7.05. The van der Waals surface area contributed by atoms with Crippen LogP contribution in [0.5, 0.6) is 0 Å². The van der Waals surface area contributed by atoms with E-state index >= 15 is 0 Å². The molecule has 120 valence electrons. The van der Waals surface area contributed by atoms with Crippen LogP contribution in [0.25, 0.3) is 11.5 Å². The average Bonchev–Trinajstić information content (AvgIpc) is 3.05. The highest BCUT2D eigenvalue weighted by Crippen LogP contribution is 2.26. The van der Waals surface area contributed by atoms with Crippen molar-refractivity contribution < 1.29 is 14.0 Å². The highest BCUT2D eigenvalue weighted by molar-refractivity contribution is 6.33. The fraction of sp³-hybridized carbons (Fsp3) is 0.0588. The Bertz CT molecular complexity index is 903. The second-order valence-electron chi connectivity index (χ2n) is 4.98. The molecule has 1 aromatic heterocycles. The Balaban J connectivity index is 1.76. The maximum absolute atomic E-state index is 12.2. The van der Waals surface area contributed by atoms with Gasteiger partial charge in [0.05, 0.1) is 10.6 Å². The molecule has 1 heterocycles. The first kappa shape index (κ1) is 15.9. The standard InChI is InChI=1S/C17H12ClN3O3/c1-10(22)11-6-8-12(9-7-11)19-15(23)17-21-20-16(24-17)13-4-2-3-5-14(13)18/h2-9H,1H3,(H,19,23). The van der Waals surface area contributed by atoms with Crippen molar-refractivity contribution in [2.75, 3.05) is 5.32 Å². The van der Waals surface area contributed by atoms with Crippen LogP contribution < -0.4 is 5.32 Å². The topological polar surface area (TPSA) is 85.1 Å². The number of halogens is 1. The molecule has 24 heavy (non-hydrogen) atoms. The highest BCUT2D eigenvalue weighted by Gasteiger charge is 2.17. The molecule has 0 radical (unpaired) electrons. The smallest absolute Gasteiger partial charge is 0.313 e. The van der Waals surface area contributed by atoms with Gasteiger partial charge in [0.25, 0.3) is 0 Å². The number of hydrogen-bond donors (Lipinski definition) is 1. The quantitative estimate of drug-likeness (QED) is 0.728. The number of amides is 1. The summed E-state index contributed by atoms with van der Waals surface area (Å²) in [5.41, 5.74) is 1.63. The van der Waals surface area contributed by atoms with E-state index in [1.165, 1.54) is 6.92 Å². The number of carbonyl (C=O) groups is 2. The summed E-state index contributed by atoms with van der Waals surface area (Å²) in [5, 5.41) is 10.7. The number of aromatic nitrogens is 2. The first-order chi connectivity index (χ1) is 11.5. The van der Waals surface area contributed by atoms with Crippen molar-refractivity contribution >= 4 is 29.0 Å². The highest BCUT2D eigenvalue weighted by atomic mass is 35.5. The molecule has 3 rings (SSSR count). The monoisotopic (exact) mass is 341 g/mol. The zero-order chi connectivity index (χ0) is 17.1. The average molecular weight is 342 g/mol. The number of benzene rings is 2. The minimum atomic E-state index is -0.545. The molecular formula is C17H12ClN3O3. The molecule has 2 aromatic carbocycles. The predicted molar refractivity (Wildman–Crippen MR) is 89.1 cm³/mol. The van der Waals surface area contributed by atoms with Gasteiger partial charge in [-0.05, 0) is 43.3 Å². The molecule has 0 aliphatic carbocycles. The summed E-state index contributed by atoms with van der Waals surface area (Å²) in [7, 11) is 0. The molecule has 0 saturated heterocycles. The molecule has 0 aliphatic heterocycles. The third-order valence-electron chi connectivity index (χ3n) is 3.27. The lowest BCUT2D eigenvalue weighted by Crippen LogP contribution is -2.12. The molecule has 0 unspecified atom stereocenters. The van der Waals surface area contributed by atoms with Crippen LogP contribution in [0, 0.1) is 0 Å². The molecule has 0 fully saturated rings. The van der Waals surface area contributed by atoms with Gasteiger partial charge in [-0.25, -0.2) is 0 Å². The second kappa shape index (κ2) is 6.64. The lowest BCUT2D eigenvalue weighted by Gasteiger charge is -2.03. The molecule has 0 atom stereocenters. The van der Waals surface area contributed by atoms with Crippen molar-refractivity contribution in [1.29, 1.82) is 0 Å². The summed E-state index contributed by atoms with van der Waals surface area (Å²) >= 11 is 6.06. The van der Waals surface area contributed by atoms with Gasteiger partial charge >= 0.3 is 11.8 Å². The van der Waals surface area contributed by atoms with Crippen LogP contribution >= 0.6 is 11.6 Å². The van der Waals surface area contributed by atoms with E-state index in [9.17, 15) is 9.59 Å². The molecule has 1 amide bonds. The number of nitrogens with one attached hydrogen (secondary N) is 1. The van der Waals surface area contributed by atoms with E-state index in [2.05, 4.69) is 15.5 Å². The van der Waals surface area contributed by atoms with E-state index in [1.807, 2.05) is 0 Å². The Hall–Kier alpha value is -2.99. The van der Waals surface area contributed by atoms with E-state index in [0.717, 1.165) is 0 Å². The summed E-state index contributed by atoms with van der Waals surface area (Å²) in [6.45, 7) is 1.47. The molecule has 1 N–H and O–H groups in total. The summed E-state index contributed by atoms with van der Waals surface area (Å²) in [6, 6.07) is 13.5. The van der Waals surface area contributed by atoms with E-state index in [4.69, 9.17) is 16.0 Å². The SMILES string of the molecule is CC(=O)c1ccc(NC(=O)c2nnc(-c3ccccc3Cl)o2)cc1. The van der Waals surface area contributed by atoms with Crippen molar-refractivity contribution in [1.82, 2.24) is 10.2 Å². The van der Waals surface area contributed by atoms with Gasteiger partial charge in [0.2, 0.25) is 5.89 Å². The first-order valence-corrected chi connectivity index (χ1v) is 7.43. The van der Waals surface area contributed by atoms with Crippen LogP contribution in [0.3, 0.4) is 0 Å². The number of ketones is 1. The minimum Gasteiger partial charge on any atom is -0.412 e. The summed E-state index contributed by atoms with van der Waals surface area (Å²) in [5.74, 6) is -0.608. The van der Waals surface area contributed by atoms with Crippen molar-refractivity contribution in [2.24, 2.45) is 0 Å². The lowest BCUT2D eigenvalue weighted by atomic mass is 10.1. The lowest BCUT2D eigenvalue weighted by molar-refractivity contribution is 0.0989. The Morgan fingerprint density at radius 1 is 1.04 bits per heavy atom. The van der Waals surface area contributed by atoms with E-state index < -0.39 is 5.91 Å². The van der Waals surface area contributed by atoms with E-state index in [1.54, 1.807) is 48.5 Å². The maximum atomic E-state index is 12.2. The molecule has 0 bridgehead atoms. The number of rotatable bonds is 4. The van der Waals surface area contributed by atoms with Crippen LogP contribution in [0.2, 0.25) is 5.02 Å². The van der Waals surface area contributed by atoms with Crippen molar-refractivity contribution in [2.45, 2.75) is 6.92 Å². The minimum absolute atomic E-state index is 0.0471. The van der Waals surface area contributed by atoms with Crippen molar-refractivity contribution in [3.8, 4) is 11.5 Å². The number of Topliss-reactive ketones (excluding diaryl/α,β-unsaturated/α-hetero) is 1. The van der Waals surface area contributed by atoms with Gasteiger partial charge in [0.15, 0.2) is 5.78 Å². The van der Waals surface area contributed by atoms with Gasteiger partial charge in [-0.1, -0.05) is 23.7 Å². The van der Waals surface area contributed by atoms with E-state index in [-0.39, 0.29) is 17.6 Å². The summed E-state index contributed by atoms with van der Waals surface area (Å²) < 4.78 is 5.37. The Morgan fingerprint density at radius 3 is 2.42 bits per heavy atom. The number of nitrogens with zero attached hydrogens (tertiary/aromatic N) is 2. The molecule has 0 saturated carbocycles. The largest absolute Gasteiger partial charge is 0.412 e. The van der Waals surface area contributed by atoms with Crippen molar-refractivity contribution in [3.05, 3.63) is 65.0 Å². The molecule has 0 spiro atoms. The van der Waals surface area contributed by atoms with Gasteiger partial charge in [-0.2, -0.15) is 0 Å². The number of carbonyl (C=O) groups excluding carboxylic acids is 2. The Kier molecular flexibility index (Phi) is 4.39. The van der Waals surface area contributed by atoms with Crippen molar-refractivity contribution in [3.63, 3.8) is 0 Å². The maximum Gasteiger partial charge on any atom is 0.313 e. The fourth-order valence-corrected chi connectivity index (χ4v) is 2.25. The molecule has 0 aliphatic rings. The number of hydrogen-bond acceptors (Lipinski definition) is 5. The Morgan fingerprint density at radius 2 is 1.75 bits per heavy atom. The van der Waals surface area contributed by atoms with Gasteiger partial charge in [-0.3, -0.25) is 9.59 Å². The van der Waals surface area contributed by atoms with E-state index in [0.29, 0.717) is 21.8 Å². The summed E-state index contributed by atoms with van der Waals surface area (Å²) in [6.07, 6.45) is 0. The molecule has 7 heteroatoms. The fourth-order valence-electron chi connectivity index (χ4n) is 2.03. The van der Waals surface area contributed by atoms with Crippen LogP contribution in [0.15, 0.2) is 52.9 Å². The number of anilines is 1. The van der Waals surface area contributed by atoms with Gasteiger partial charge in [-0.15, -0.1) is 10.2 Å². The van der Waals surface area contributed by atoms with Crippen LogP contribution in [-0.2, 0) is 0 Å². The van der Waals surface area contributed by atoms with Crippen LogP contribution in [0.4, 0.5) is 5.69 Å². The molecule has 3 aromatic rings. The zero-order valence-electron chi connectivity index (χ0n) is 12.6. The molecular weight excluding hydrogens is 330 g/mol. The zero-order valence-corrected chi connectivity index (χ0v) is 13.4. The predicted octanol–water partition coefficient (Wildman–Crippen LogP) is 3.84. The third-order valence-corrected chi connectivity index (χ3v) is 3.60. The van der Waals surface area contributed by atoms with Gasteiger partial charge in [0, 0.05) is 11.3 Å². The van der Waals surface area contributed by atoms with Crippen LogP contribution in [0.1, 0.15) is 28.0 Å². The molecule has 6 nitrogen and oxygen atoms in total. The Labute approximate surface area is 142 Å². The van der Waals surface area contributed by atoms with Crippen LogP contribution in [-0.4, -0.2) is 21.9 Å². The summed E-state index contributed by atoms with van der Waals surface area (Å²) in [4.78, 5) is 23.4. The second-order valence-corrected chi connectivity index (χ2v) is 5.39. The van der Waals surface area contributed by atoms with Gasteiger partial charge < -0.3 is 9.73 Å². The normalized spacial score (nSPS) is 10.4. The van der Waals surface area contributed by atoms with Gasteiger partial charge in [0.1, 0.15) is 0 Å².